The summed E-state index contributed by atoms with van der Waals surface area (Å²) in [5, 5.41) is 17.4. The predicted octanol–water partition coefficient (Wildman–Crippen LogP) is 2.27. The van der Waals surface area contributed by atoms with E-state index in [2.05, 4.69) is 26.1 Å². The summed E-state index contributed by atoms with van der Waals surface area (Å²) in [6.07, 6.45) is 0. The highest BCUT2D eigenvalue weighted by Crippen LogP contribution is 2.28. The van der Waals surface area contributed by atoms with Crippen molar-refractivity contribution in [2.24, 2.45) is 7.05 Å². The highest BCUT2D eigenvalue weighted by molar-refractivity contribution is 9.10. The number of aliphatic hydroxyl groups excluding tert-OH is 1. The lowest BCUT2D eigenvalue weighted by molar-refractivity contribution is 0.253. The lowest BCUT2D eigenvalue weighted by atomic mass is 10.1. The van der Waals surface area contributed by atoms with Crippen LogP contribution in [-0.2, 0) is 20.3 Å². The summed E-state index contributed by atoms with van der Waals surface area (Å²) in [5.74, 6) is 2.29. The number of hydrogen-bond donors (Lipinski definition) is 1. The van der Waals surface area contributed by atoms with Gasteiger partial charge in [-0.1, -0.05) is 15.9 Å². The molecular formula is C13H16BrN3O2. The van der Waals surface area contributed by atoms with Crippen molar-refractivity contribution in [2.45, 2.75) is 27.1 Å². The van der Waals surface area contributed by atoms with Crippen LogP contribution in [0.15, 0.2) is 16.6 Å². The Hall–Kier alpha value is -1.40. The Morgan fingerprint density at radius 2 is 2.05 bits per heavy atom. The van der Waals surface area contributed by atoms with Crippen LogP contribution in [0.1, 0.15) is 22.8 Å². The molecule has 1 aromatic carbocycles. The largest absolute Gasteiger partial charge is 0.485 e. The Kier molecular flexibility index (Phi) is 4.21. The smallest absolute Gasteiger partial charge is 0.170 e. The Bertz CT molecular complexity index is 596. The van der Waals surface area contributed by atoms with Gasteiger partial charge < -0.3 is 14.4 Å². The van der Waals surface area contributed by atoms with Gasteiger partial charge in [-0.2, -0.15) is 0 Å². The Morgan fingerprint density at radius 1 is 1.32 bits per heavy atom. The maximum absolute atomic E-state index is 9.39. The third-order valence-corrected chi connectivity index (χ3v) is 3.47. The molecule has 6 heteroatoms. The molecule has 0 aliphatic rings. The Morgan fingerprint density at radius 3 is 2.63 bits per heavy atom. The average Bonchev–Trinajstić information content (AvgIpc) is 2.68. The van der Waals surface area contributed by atoms with E-state index in [1.807, 2.05) is 37.6 Å². The molecule has 0 amide bonds. The second kappa shape index (κ2) is 5.71. The summed E-state index contributed by atoms with van der Waals surface area (Å²) < 4.78 is 8.60. The maximum Gasteiger partial charge on any atom is 0.170 e. The van der Waals surface area contributed by atoms with Gasteiger partial charge in [0.25, 0.3) is 0 Å². The predicted molar refractivity (Wildman–Crippen MR) is 74.9 cm³/mol. The number of rotatable bonds is 4. The Labute approximate surface area is 120 Å². The van der Waals surface area contributed by atoms with Gasteiger partial charge in [-0.05, 0) is 31.5 Å². The normalized spacial score (nSPS) is 10.8. The van der Waals surface area contributed by atoms with Crippen molar-refractivity contribution in [3.05, 3.63) is 39.4 Å². The number of halogens is 1. The first-order chi connectivity index (χ1) is 9.02. The van der Waals surface area contributed by atoms with E-state index in [1.54, 1.807) is 0 Å². The minimum Gasteiger partial charge on any atom is -0.485 e. The first-order valence-corrected chi connectivity index (χ1v) is 6.69. The molecule has 0 unspecified atom stereocenters. The number of nitrogens with zero attached hydrogens (tertiary/aromatic N) is 3. The van der Waals surface area contributed by atoms with Gasteiger partial charge in [0, 0.05) is 17.1 Å². The zero-order valence-corrected chi connectivity index (χ0v) is 12.7. The maximum atomic E-state index is 9.39. The van der Waals surface area contributed by atoms with Crippen LogP contribution in [-0.4, -0.2) is 19.9 Å². The molecule has 0 saturated carbocycles. The van der Waals surface area contributed by atoms with E-state index in [0.717, 1.165) is 27.2 Å². The van der Waals surface area contributed by atoms with Gasteiger partial charge >= 0.3 is 0 Å². The van der Waals surface area contributed by atoms with E-state index in [9.17, 15) is 5.11 Å². The minimum atomic E-state index is -0.0620. The number of aryl methyl sites for hydroxylation is 2. The molecule has 0 spiro atoms. The molecule has 2 rings (SSSR count). The fourth-order valence-electron chi connectivity index (χ4n) is 1.84. The zero-order valence-electron chi connectivity index (χ0n) is 11.1. The molecule has 0 saturated heterocycles. The number of hydrogen-bond acceptors (Lipinski definition) is 4. The molecule has 0 radical (unpaired) electrons. The first-order valence-electron chi connectivity index (χ1n) is 5.90. The molecule has 0 aliphatic carbocycles. The summed E-state index contributed by atoms with van der Waals surface area (Å²) in [5.41, 5.74) is 1.73. The lowest BCUT2D eigenvalue weighted by Gasteiger charge is -2.13. The van der Waals surface area contributed by atoms with Crippen LogP contribution in [0.25, 0.3) is 0 Å². The van der Waals surface area contributed by atoms with Crippen LogP contribution < -0.4 is 4.74 Å². The second-order valence-corrected chi connectivity index (χ2v) is 5.30. The van der Waals surface area contributed by atoms with Crippen molar-refractivity contribution in [1.82, 2.24) is 14.8 Å². The van der Waals surface area contributed by atoms with Crippen molar-refractivity contribution in [3.63, 3.8) is 0 Å². The van der Waals surface area contributed by atoms with Crippen LogP contribution in [0.2, 0.25) is 0 Å². The Balaban J connectivity index is 2.22. The first kappa shape index (κ1) is 14.0. The van der Waals surface area contributed by atoms with Gasteiger partial charge in [-0.25, -0.2) is 0 Å². The fourth-order valence-corrected chi connectivity index (χ4v) is 2.46. The highest BCUT2D eigenvalue weighted by Gasteiger charge is 2.11. The number of aromatic nitrogens is 3. The molecule has 1 aromatic heterocycles. The quantitative estimate of drug-likeness (QED) is 0.936. The fraction of sp³-hybridized carbons (Fsp3) is 0.385. The summed E-state index contributed by atoms with van der Waals surface area (Å²) in [4.78, 5) is 0. The van der Waals surface area contributed by atoms with E-state index in [-0.39, 0.29) is 6.61 Å². The summed E-state index contributed by atoms with van der Waals surface area (Å²) >= 11 is 3.41. The third kappa shape index (κ3) is 2.96. The van der Waals surface area contributed by atoms with Gasteiger partial charge in [-0.3, -0.25) is 0 Å². The van der Waals surface area contributed by atoms with Crippen LogP contribution in [0.4, 0.5) is 0 Å². The lowest BCUT2D eigenvalue weighted by Crippen LogP contribution is -2.06. The van der Waals surface area contributed by atoms with Crippen molar-refractivity contribution in [3.8, 4) is 5.75 Å². The molecule has 2 aromatic rings. The molecule has 102 valence electrons. The molecular weight excluding hydrogens is 310 g/mol. The van der Waals surface area contributed by atoms with Gasteiger partial charge in [0.15, 0.2) is 5.82 Å². The van der Waals surface area contributed by atoms with Gasteiger partial charge in [0.1, 0.15) is 18.2 Å². The van der Waals surface area contributed by atoms with Crippen LogP contribution in [0.5, 0.6) is 5.75 Å². The minimum absolute atomic E-state index is 0.0620. The molecule has 19 heavy (non-hydrogen) atoms. The second-order valence-electron chi connectivity index (χ2n) is 4.38. The number of benzene rings is 1. The monoisotopic (exact) mass is 325 g/mol. The third-order valence-electron chi connectivity index (χ3n) is 3.02. The van der Waals surface area contributed by atoms with Crippen molar-refractivity contribution in [1.29, 1.82) is 0 Å². The van der Waals surface area contributed by atoms with Gasteiger partial charge in [0.05, 0.1) is 6.61 Å². The molecule has 0 atom stereocenters. The van der Waals surface area contributed by atoms with Gasteiger partial charge in [0.2, 0.25) is 0 Å². The standard InChI is InChI=1S/C13H16BrN3O2/c1-8-4-11(14)5-10(6-18)13(8)19-7-12-16-15-9(2)17(12)3/h4-5,18H,6-7H2,1-3H3. The van der Waals surface area contributed by atoms with Crippen LogP contribution in [0, 0.1) is 13.8 Å². The van der Waals surface area contributed by atoms with E-state index in [1.165, 1.54) is 0 Å². The SMILES string of the molecule is Cc1cc(Br)cc(CO)c1OCc1nnc(C)n1C. The molecule has 1 heterocycles. The highest BCUT2D eigenvalue weighted by atomic mass is 79.9. The molecule has 0 bridgehead atoms. The topological polar surface area (TPSA) is 60.2 Å². The number of aliphatic hydroxyl groups is 1. The van der Waals surface area contributed by atoms with E-state index >= 15 is 0 Å². The van der Waals surface area contributed by atoms with E-state index in [0.29, 0.717) is 12.4 Å². The molecule has 0 aliphatic heterocycles. The molecule has 1 N–H and O–H groups in total. The molecule has 0 fully saturated rings. The van der Waals surface area contributed by atoms with Crippen LogP contribution >= 0.6 is 15.9 Å². The van der Waals surface area contributed by atoms with Gasteiger partial charge in [-0.15, -0.1) is 10.2 Å². The summed E-state index contributed by atoms with van der Waals surface area (Å²) in [6, 6.07) is 3.81. The summed E-state index contributed by atoms with van der Waals surface area (Å²) in [6.45, 7) is 4.10. The van der Waals surface area contributed by atoms with Crippen molar-refractivity contribution >= 4 is 15.9 Å². The zero-order chi connectivity index (χ0) is 14.0. The van der Waals surface area contributed by atoms with E-state index < -0.39 is 0 Å². The van der Waals surface area contributed by atoms with Crippen LogP contribution in [0.3, 0.4) is 0 Å². The number of ether oxygens (including phenoxy) is 1. The van der Waals surface area contributed by atoms with Crippen molar-refractivity contribution < 1.29 is 9.84 Å². The average molecular weight is 326 g/mol. The van der Waals surface area contributed by atoms with Crippen molar-refractivity contribution in [2.75, 3.05) is 0 Å². The summed E-state index contributed by atoms with van der Waals surface area (Å²) in [7, 11) is 1.90. The van der Waals surface area contributed by atoms with E-state index in [4.69, 9.17) is 4.74 Å². The molecule has 5 nitrogen and oxygen atoms in total.